The quantitative estimate of drug-likeness (QED) is 0.494. The van der Waals surface area contributed by atoms with Crippen molar-refractivity contribution in [2.45, 2.75) is 45.2 Å². The summed E-state index contributed by atoms with van der Waals surface area (Å²) in [7, 11) is 1.61. The molecule has 2 atom stereocenters. The summed E-state index contributed by atoms with van der Waals surface area (Å²) in [5.41, 5.74) is 0. The Morgan fingerprint density at radius 1 is 1.39 bits per heavy atom. The van der Waals surface area contributed by atoms with E-state index in [2.05, 4.69) is 10.6 Å². The summed E-state index contributed by atoms with van der Waals surface area (Å²) >= 11 is 0. The third-order valence-electron chi connectivity index (χ3n) is 2.54. The predicted octanol–water partition coefficient (Wildman–Crippen LogP) is 0.371. The van der Waals surface area contributed by atoms with E-state index in [1.807, 2.05) is 6.92 Å². The number of amides is 1. The Bertz CT molecular complexity index is 258. The third-order valence-corrected chi connectivity index (χ3v) is 2.54. The Labute approximate surface area is 108 Å². The van der Waals surface area contributed by atoms with E-state index >= 15 is 0 Å². The molecule has 0 aromatic heterocycles. The van der Waals surface area contributed by atoms with Crippen LogP contribution in [-0.2, 0) is 14.3 Å². The molecule has 0 spiro atoms. The van der Waals surface area contributed by atoms with Gasteiger partial charge in [-0.3, -0.25) is 14.9 Å². The lowest BCUT2D eigenvalue weighted by atomic mass is 10.1. The third kappa shape index (κ3) is 7.24. The monoisotopic (exact) mass is 260 g/mol. The fourth-order valence-electron chi connectivity index (χ4n) is 1.53. The molecule has 0 saturated carbocycles. The number of carbonyl (C=O) groups is 2. The van der Waals surface area contributed by atoms with Crippen molar-refractivity contribution in [3.8, 4) is 0 Å². The maximum Gasteiger partial charge on any atom is 0.320 e. The van der Waals surface area contributed by atoms with Gasteiger partial charge in [0.2, 0.25) is 5.91 Å². The van der Waals surface area contributed by atoms with E-state index in [1.54, 1.807) is 14.0 Å². The molecule has 18 heavy (non-hydrogen) atoms. The molecular weight excluding hydrogens is 236 g/mol. The number of nitrogens with one attached hydrogen (secondary N) is 2. The maximum absolute atomic E-state index is 11.7. The van der Waals surface area contributed by atoms with E-state index in [-0.39, 0.29) is 5.91 Å². The fourth-order valence-corrected chi connectivity index (χ4v) is 1.53. The number of carboxylic acids is 1. The molecule has 0 aliphatic rings. The molecule has 0 aromatic carbocycles. The van der Waals surface area contributed by atoms with Crippen molar-refractivity contribution in [1.29, 1.82) is 0 Å². The molecule has 0 rings (SSSR count). The van der Waals surface area contributed by atoms with Gasteiger partial charge in [-0.25, -0.2) is 0 Å². The Kier molecular flexibility index (Phi) is 9.22. The van der Waals surface area contributed by atoms with Crippen LogP contribution in [0.5, 0.6) is 0 Å². The number of hydrogen-bond donors (Lipinski definition) is 3. The average Bonchev–Trinajstić information content (AvgIpc) is 2.33. The van der Waals surface area contributed by atoms with Crippen molar-refractivity contribution in [2.24, 2.45) is 0 Å². The highest BCUT2D eigenvalue weighted by Crippen LogP contribution is 1.99. The van der Waals surface area contributed by atoms with Crippen LogP contribution in [0.15, 0.2) is 0 Å². The molecule has 0 aromatic rings. The van der Waals surface area contributed by atoms with Gasteiger partial charge in [-0.05, 0) is 19.8 Å². The van der Waals surface area contributed by atoms with Crippen LogP contribution >= 0.6 is 0 Å². The summed E-state index contributed by atoms with van der Waals surface area (Å²) in [6.07, 6.45) is 2.01. The molecular formula is C12H24N2O4. The smallest absolute Gasteiger partial charge is 0.320 e. The first-order valence-electron chi connectivity index (χ1n) is 6.28. The minimum atomic E-state index is -0.920. The van der Waals surface area contributed by atoms with Crippen LogP contribution in [0.25, 0.3) is 0 Å². The first-order chi connectivity index (χ1) is 8.52. The summed E-state index contributed by atoms with van der Waals surface area (Å²) in [5.74, 6) is -1.11. The summed E-state index contributed by atoms with van der Waals surface area (Å²) in [6, 6.07) is -1.19. The van der Waals surface area contributed by atoms with E-state index in [0.717, 1.165) is 12.8 Å². The first-order valence-corrected chi connectivity index (χ1v) is 6.28. The van der Waals surface area contributed by atoms with E-state index in [0.29, 0.717) is 19.6 Å². The molecule has 0 fully saturated rings. The van der Waals surface area contributed by atoms with E-state index in [4.69, 9.17) is 9.84 Å². The summed E-state index contributed by atoms with van der Waals surface area (Å²) in [5, 5.41) is 14.5. The van der Waals surface area contributed by atoms with Crippen molar-refractivity contribution in [3.05, 3.63) is 0 Å². The van der Waals surface area contributed by atoms with Crippen molar-refractivity contribution in [2.75, 3.05) is 20.3 Å². The van der Waals surface area contributed by atoms with Crippen molar-refractivity contribution >= 4 is 11.9 Å². The van der Waals surface area contributed by atoms with Crippen LogP contribution in [0.4, 0.5) is 0 Å². The Hall–Kier alpha value is -1.14. The van der Waals surface area contributed by atoms with Crippen LogP contribution in [0.2, 0.25) is 0 Å². The van der Waals surface area contributed by atoms with Crippen molar-refractivity contribution < 1.29 is 19.4 Å². The lowest BCUT2D eigenvalue weighted by Crippen LogP contribution is -2.49. The topological polar surface area (TPSA) is 87.7 Å². The van der Waals surface area contributed by atoms with Gasteiger partial charge < -0.3 is 15.2 Å². The normalized spacial score (nSPS) is 13.9. The molecule has 0 radical (unpaired) electrons. The van der Waals surface area contributed by atoms with Gasteiger partial charge in [0.15, 0.2) is 0 Å². The van der Waals surface area contributed by atoms with Crippen LogP contribution < -0.4 is 10.6 Å². The lowest BCUT2D eigenvalue weighted by Gasteiger charge is -2.19. The second-order valence-corrected chi connectivity index (χ2v) is 4.21. The van der Waals surface area contributed by atoms with Gasteiger partial charge in [-0.15, -0.1) is 0 Å². The lowest BCUT2D eigenvalue weighted by molar-refractivity contribution is -0.140. The number of methoxy groups -OCH3 is 1. The Morgan fingerprint density at radius 3 is 2.56 bits per heavy atom. The molecule has 3 N–H and O–H groups in total. The van der Waals surface area contributed by atoms with Gasteiger partial charge in [0.1, 0.15) is 6.04 Å². The standard InChI is InChI=1S/C12H24N2O4/c1-4-6-10(12(16)17)14-9(2)11(15)13-7-5-8-18-3/h9-10,14H,4-8H2,1-3H3,(H,13,15)(H,16,17). The number of hydrogen-bond acceptors (Lipinski definition) is 4. The van der Waals surface area contributed by atoms with Gasteiger partial charge in [0.05, 0.1) is 6.04 Å². The second-order valence-electron chi connectivity index (χ2n) is 4.21. The minimum Gasteiger partial charge on any atom is -0.480 e. The van der Waals surface area contributed by atoms with Crippen LogP contribution in [0.3, 0.4) is 0 Å². The summed E-state index contributed by atoms with van der Waals surface area (Å²) in [4.78, 5) is 22.6. The largest absolute Gasteiger partial charge is 0.480 e. The van der Waals surface area contributed by atoms with Crippen molar-refractivity contribution in [1.82, 2.24) is 10.6 Å². The maximum atomic E-state index is 11.7. The van der Waals surface area contributed by atoms with Gasteiger partial charge in [0, 0.05) is 20.3 Å². The zero-order valence-corrected chi connectivity index (χ0v) is 11.4. The predicted molar refractivity (Wildman–Crippen MR) is 68.4 cm³/mol. The molecule has 106 valence electrons. The summed E-state index contributed by atoms with van der Waals surface area (Å²) in [6.45, 7) is 4.70. The zero-order chi connectivity index (χ0) is 14.0. The van der Waals surface area contributed by atoms with Crippen LogP contribution in [0, 0.1) is 0 Å². The molecule has 6 nitrogen and oxygen atoms in total. The molecule has 2 unspecified atom stereocenters. The molecule has 0 aliphatic carbocycles. The van der Waals surface area contributed by atoms with Gasteiger partial charge in [0.25, 0.3) is 0 Å². The molecule has 6 heteroatoms. The van der Waals surface area contributed by atoms with E-state index in [9.17, 15) is 9.59 Å². The molecule has 1 amide bonds. The highest BCUT2D eigenvalue weighted by molar-refractivity contribution is 5.82. The van der Waals surface area contributed by atoms with Gasteiger partial charge >= 0.3 is 5.97 Å². The highest BCUT2D eigenvalue weighted by Gasteiger charge is 2.21. The molecule has 0 saturated heterocycles. The highest BCUT2D eigenvalue weighted by atomic mass is 16.5. The number of carboxylic acid groups (broad SMARTS) is 1. The van der Waals surface area contributed by atoms with Crippen LogP contribution in [0.1, 0.15) is 33.1 Å². The molecule has 0 aliphatic heterocycles. The fraction of sp³-hybridized carbons (Fsp3) is 0.833. The first kappa shape index (κ1) is 16.9. The Balaban J connectivity index is 4.00. The van der Waals surface area contributed by atoms with Crippen LogP contribution in [-0.4, -0.2) is 49.3 Å². The van der Waals surface area contributed by atoms with E-state index in [1.165, 1.54) is 0 Å². The number of carbonyl (C=O) groups excluding carboxylic acids is 1. The molecule has 0 bridgehead atoms. The van der Waals surface area contributed by atoms with Gasteiger partial charge in [-0.1, -0.05) is 13.3 Å². The zero-order valence-electron chi connectivity index (χ0n) is 11.4. The number of aliphatic carboxylic acids is 1. The summed E-state index contributed by atoms with van der Waals surface area (Å²) < 4.78 is 4.87. The number of rotatable bonds is 10. The molecule has 0 heterocycles. The number of ether oxygens (including phenoxy) is 1. The average molecular weight is 260 g/mol. The van der Waals surface area contributed by atoms with Crippen molar-refractivity contribution in [3.63, 3.8) is 0 Å². The SMILES string of the molecule is CCCC(NC(C)C(=O)NCCCOC)C(=O)O. The van der Waals surface area contributed by atoms with E-state index < -0.39 is 18.1 Å². The minimum absolute atomic E-state index is 0.187. The van der Waals surface area contributed by atoms with Gasteiger partial charge in [-0.2, -0.15) is 0 Å². The second kappa shape index (κ2) is 9.85. The Morgan fingerprint density at radius 2 is 2.06 bits per heavy atom.